The van der Waals surface area contributed by atoms with Crippen molar-refractivity contribution in [2.45, 2.75) is 39.5 Å². The number of fused-ring (bicyclic) bond motifs is 4. The summed E-state index contributed by atoms with van der Waals surface area (Å²) in [6.07, 6.45) is 0. The second kappa shape index (κ2) is 11.4. The van der Waals surface area contributed by atoms with Crippen LogP contribution in [0, 0.1) is 5.82 Å². The van der Waals surface area contributed by atoms with Crippen LogP contribution in [0.5, 0.6) is 0 Å². The Balaban J connectivity index is 1.40. The van der Waals surface area contributed by atoms with Crippen LogP contribution in [0.2, 0.25) is 0 Å². The maximum Gasteiger partial charge on any atom is 0.227 e. The van der Waals surface area contributed by atoms with E-state index in [4.69, 9.17) is 14.4 Å². The van der Waals surface area contributed by atoms with Gasteiger partial charge in [0.25, 0.3) is 0 Å². The van der Waals surface area contributed by atoms with Gasteiger partial charge in [0.1, 0.15) is 17.2 Å². The Labute approximate surface area is 273 Å². The first-order valence-electron chi connectivity index (χ1n) is 16.2. The molecular formula is C42H34FN3O. The lowest BCUT2D eigenvalue weighted by atomic mass is 9.88. The van der Waals surface area contributed by atoms with Crippen molar-refractivity contribution >= 4 is 33.1 Å². The lowest BCUT2D eigenvalue weighted by Crippen LogP contribution is -2.09. The van der Waals surface area contributed by atoms with Gasteiger partial charge in [-0.3, -0.25) is 4.57 Å². The second-order valence-electron chi connectivity index (χ2n) is 12.8. The van der Waals surface area contributed by atoms with E-state index in [0.717, 1.165) is 50.0 Å². The lowest BCUT2D eigenvalue weighted by Gasteiger charge is -2.24. The highest BCUT2D eigenvalue weighted by molar-refractivity contribution is 6.09. The summed E-state index contributed by atoms with van der Waals surface area (Å²) in [5.74, 6) is 1.07. The Morgan fingerprint density at radius 2 is 1.32 bits per heavy atom. The molecule has 8 rings (SSSR count). The predicted molar refractivity (Wildman–Crippen MR) is 191 cm³/mol. The molecule has 230 valence electrons. The van der Waals surface area contributed by atoms with Crippen molar-refractivity contribution in [3.8, 4) is 39.5 Å². The predicted octanol–water partition coefficient (Wildman–Crippen LogP) is 11.7. The molecular weight excluding hydrogens is 581 g/mol. The number of pyridine rings is 1. The van der Waals surface area contributed by atoms with Gasteiger partial charge in [0, 0.05) is 16.3 Å². The Morgan fingerprint density at radius 3 is 2.04 bits per heavy atom. The van der Waals surface area contributed by atoms with E-state index < -0.39 is 0 Å². The second-order valence-corrected chi connectivity index (χ2v) is 12.8. The van der Waals surface area contributed by atoms with E-state index in [-0.39, 0.29) is 17.7 Å². The van der Waals surface area contributed by atoms with Gasteiger partial charge >= 0.3 is 0 Å². The van der Waals surface area contributed by atoms with Crippen LogP contribution in [0.4, 0.5) is 4.39 Å². The first-order chi connectivity index (χ1) is 22.9. The number of para-hydroxylation sites is 3. The number of furan rings is 1. The number of rotatable bonds is 6. The average molecular weight is 616 g/mol. The standard InChI is InChI=1S/C42H34FN3O/c1-25(2)34-23-29(27-11-6-5-7-12-27)24-35(26(3)4)39(34)46-38-16-9-8-15-37(38)44-41(46)33-14-10-13-31-32-21-22-36(45-42(32)47-40(31)33)28-17-19-30(43)20-18-28/h5-26H,1-4H3. The summed E-state index contributed by atoms with van der Waals surface area (Å²) < 4.78 is 22.6. The molecule has 8 aromatic rings. The summed E-state index contributed by atoms with van der Waals surface area (Å²) >= 11 is 0. The number of halogens is 1. The van der Waals surface area contributed by atoms with Gasteiger partial charge < -0.3 is 4.42 Å². The highest BCUT2D eigenvalue weighted by Crippen LogP contribution is 2.42. The third-order valence-electron chi connectivity index (χ3n) is 9.05. The summed E-state index contributed by atoms with van der Waals surface area (Å²) in [6, 6.07) is 40.3. The molecule has 0 saturated carbocycles. The minimum Gasteiger partial charge on any atom is -0.437 e. The highest BCUT2D eigenvalue weighted by Gasteiger charge is 2.25. The van der Waals surface area contributed by atoms with Crippen molar-refractivity contribution in [1.82, 2.24) is 14.5 Å². The fraction of sp³-hybridized carbons (Fsp3) is 0.143. The van der Waals surface area contributed by atoms with Crippen molar-refractivity contribution < 1.29 is 8.81 Å². The van der Waals surface area contributed by atoms with Gasteiger partial charge in [-0.2, -0.15) is 0 Å². The van der Waals surface area contributed by atoms with Gasteiger partial charge in [-0.1, -0.05) is 82.3 Å². The molecule has 0 N–H and O–H groups in total. The summed E-state index contributed by atoms with van der Waals surface area (Å²) in [5, 5.41) is 1.90. The van der Waals surface area contributed by atoms with Crippen LogP contribution < -0.4 is 0 Å². The number of nitrogens with zero attached hydrogens (tertiary/aromatic N) is 3. The van der Waals surface area contributed by atoms with Gasteiger partial charge in [0.05, 0.1) is 28.0 Å². The first-order valence-corrected chi connectivity index (χ1v) is 16.2. The van der Waals surface area contributed by atoms with Gasteiger partial charge in [-0.15, -0.1) is 0 Å². The smallest absolute Gasteiger partial charge is 0.227 e. The van der Waals surface area contributed by atoms with Crippen LogP contribution >= 0.6 is 0 Å². The van der Waals surface area contributed by atoms with Crippen LogP contribution in [-0.4, -0.2) is 14.5 Å². The molecule has 3 heterocycles. The van der Waals surface area contributed by atoms with Gasteiger partial charge in [-0.05, 0) is 101 Å². The van der Waals surface area contributed by atoms with Gasteiger partial charge in [0.2, 0.25) is 5.71 Å². The molecule has 47 heavy (non-hydrogen) atoms. The minimum atomic E-state index is -0.276. The molecule has 0 amide bonds. The van der Waals surface area contributed by atoms with E-state index in [1.165, 1.54) is 40.1 Å². The fourth-order valence-electron chi connectivity index (χ4n) is 6.69. The fourth-order valence-corrected chi connectivity index (χ4v) is 6.69. The summed E-state index contributed by atoms with van der Waals surface area (Å²) in [4.78, 5) is 10.1. The topological polar surface area (TPSA) is 43.9 Å². The molecule has 0 radical (unpaired) electrons. The maximum atomic E-state index is 13.6. The molecule has 5 aromatic carbocycles. The zero-order chi connectivity index (χ0) is 32.2. The molecule has 0 aliphatic carbocycles. The number of imidazole rings is 1. The normalized spacial score (nSPS) is 11.9. The van der Waals surface area contributed by atoms with Crippen molar-refractivity contribution in [2.24, 2.45) is 0 Å². The van der Waals surface area contributed by atoms with Crippen LogP contribution in [0.1, 0.15) is 50.7 Å². The number of benzene rings is 5. The first kappa shape index (κ1) is 28.9. The van der Waals surface area contributed by atoms with Crippen LogP contribution in [-0.2, 0) is 0 Å². The van der Waals surface area contributed by atoms with Crippen molar-refractivity contribution in [3.63, 3.8) is 0 Å². The Bertz CT molecular complexity index is 2390. The zero-order valence-corrected chi connectivity index (χ0v) is 26.8. The third-order valence-corrected chi connectivity index (χ3v) is 9.05. The molecule has 3 aromatic heterocycles. The van der Waals surface area contributed by atoms with Crippen LogP contribution in [0.3, 0.4) is 0 Å². The Morgan fingerprint density at radius 1 is 0.617 bits per heavy atom. The van der Waals surface area contributed by atoms with E-state index in [1.807, 2.05) is 18.2 Å². The van der Waals surface area contributed by atoms with E-state index in [0.29, 0.717) is 5.71 Å². The lowest BCUT2D eigenvalue weighted by molar-refractivity contribution is 0.628. The van der Waals surface area contributed by atoms with Crippen molar-refractivity contribution in [3.05, 3.63) is 138 Å². The van der Waals surface area contributed by atoms with Gasteiger partial charge in [-0.25, -0.2) is 14.4 Å². The summed E-state index contributed by atoms with van der Waals surface area (Å²) in [7, 11) is 0. The molecule has 0 aliphatic rings. The largest absolute Gasteiger partial charge is 0.437 e. The summed E-state index contributed by atoms with van der Waals surface area (Å²) in [6.45, 7) is 9.06. The van der Waals surface area contributed by atoms with Crippen LogP contribution in [0.25, 0.3) is 72.6 Å². The average Bonchev–Trinajstić information content (AvgIpc) is 3.66. The third kappa shape index (κ3) is 4.90. The van der Waals surface area contributed by atoms with E-state index >= 15 is 0 Å². The molecule has 4 nitrogen and oxygen atoms in total. The Kier molecular flexibility index (Phi) is 6.98. The molecule has 0 unspecified atom stereocenters. The molecule has 5 heteroatoms. The molecule has 0 atom stereocenters. The number of aromatic nitrogens is 3. The number of hydrogen-bond acceptors (Lipinski definition) is 3. The molecule has 0 spiro atoms. The van der Waals surface area contributed by atoms with Crippen molar-refractivity contribution in [1.29, 1.82) is 0 Å². The maximum absolute atomic E-state index is 13.6. The number of hydrogen-bond donors (Lipinski definition) is 0. The molecule has 0 bridgehead atoms. The molecule has 0 aliphatic heterocycles. The quantitative estimate of drug-likeness (QED) is 0.187. The monoisotopic (exact) mass is 615 g/mol. The van der Waals surface area contributed by atoms with Gasteiger partial charge in [0.15, 0.2) is 0 Å². The Hall–Kier alpha value is -5.55. The van der Waals surface area contributed by atoms with E-state index in [1.54, 1.807) is 12.1 Å². The summed E-state index contributed by atoms with van der Waals surface area (Å²) in [5.41, 5.74) is 11.8. The zero-order valence-electron chi connectivity index (χ0n) is 26.8. The van der Waals surface area contributed by atoms with E-state index in [9.17, 15) is 4.39 Å². The highest BCUT2D eigenvalue weighted by atomic mass is 19.1. The van der Waals surface area contributed by atoms with Crippen molar-refractivity contribution in [2.75, 3.05) is 0 Å². The SMILES string of the molecule is CC(C)c1cc(-c2ccccc2)cc(C(C)C)c1-n1c(-c2cccc3c2oc2nc(-c4ccc(F)cc4)ccc23)nc2ccccc21. The molecule has 0 fully saturated rings. The minimum absolute atomic E-state index is 0.260. The molecule has 0 saturated heterocycles. The van der Waals surface area contributed by atoms with Crippen LogP contribution in [0.15, 0.2) is 126 Å². The van der Waals surface area contributed by atoms with E-state index in [2.05, 4.69) is 111 Å².